The number of para-hydroxylation sites is 1. The predicted molar refractivity (Wildman–Crippen MR) is 118 cm³/mol. The molecule has 0 bridgehead atoms. The molecule has 1 N–H and O–H groups in total. The van der Waals surface area contributed by atoms with Crippen LogP contribution in [-0.4, -0.2) is 54.3 Å². The van der Waals surface area contributed by atoms with E-state index in [-0.39, 0.29) is 29.9 Å². The summed E-state index contributed by atoms with van der Waals surface area (Å²) in [6, 6.07) is 9.81. The number of benzene rings is 1. The van der Waals surface area contributed by atoms with Gasteiger partial charge in [-0.05, 0) is 19.1 Å². The van der Waals surface area contributed by atoms with Crippen LogP contribution < -0.4 is 10.1 Å². The summed E-state index contributed by atoms with van der Waals surface area (Å²) in [5.74, 6) is 3.35. The Balaban J connectivity index is 0.00000364. The molecule has 1 aromatic carbocycles. The van der Waals surface area contributed by atoms with Crippen molar-refractivity contribution in [2.24, 2.45) is 4.99 Å². The van der Waals surface area contributed by atoms with Crippen molar-refractivity contribution in [3.63, 3.8) is 0 Å². The van der Waals surface area contributed by atoms with Crippen molar-refractivity contribution in [2.45, 2.75) is 33.1 Å². The lowest BCUT2D eigenvalue weighted by Crippen LogP contribution is -2.41. The van der Waals surface area contributed by atoms with E-state index < -0.39 is 0 Å². The molecule has 150 valence electrons. The largest absolute Gasteiger partial charge is 0.492 e. The third-order valence-electron chi connectivity index (χ3n) is 3.72. The van der Waals surface area contributed by atoms with Gasteiger partial charge in [-0.2, -0.15) is 4.98 Å². The molecule has 0 spiro atoms. The zero-order chi connectivity index (χ0) is 18.8. The predicted octanol–water partition coefficient (Wildman–Crippen LogP) is 3.33. The van der Waals surface area contributed by atoms with Crippen LogP contribution in [0.5, 0.6) is 5.75 Å². The van der Waals surface area contributed by atoms with Gasteiger partial charge in [-0.15, -0.1) is 24.0 Å². The Morgan fingerprint density at radius 3 is 2.67 bits per heavy atom. The van der Waals surface area contributed by atoms with Crippen LogP contribution in [0.1, 0.15) is 38.4 Å². The van der Waals surface area contributed by atoms with Crippen LogP contribution in [0.2, 0.25) is 0 Å². The average molecular weight is 487 g/mol. The molecule has 0 saturated heterocycles. The van der Waals surface area contributed by atoms with E-state index >= 15 is 0 Å². The van der Waals surface area contributed by atoms with Gasteiger partial charge < -0.3 is 19.5 Å². The molecule has 0 unspecified atom stereocenters. The van der Waals surface area contributed by atoms with Gasteiger partial charge in [0.2, 0.25) is 5.89 Å². The van der Waals surface area contributed by atoms with Crippen molar-refractivity contribution < 1.29 is 9.26 Å². The number of nitrogens with zero attached hydrogens (tertiary/aromatic N) is 4. The Morgan fingerprint density at radius 2 is 2.04 bits per heavy atom. The summed E-state index contributed by atoms with van der Waals surface area (Å²) in [6.07, 6.45) is 0.628. The summed E-state index contributed by atoms with van der Waals surface area (Å²) in [4.78, 5) is 11.1. The molecule has 0 radical (unpaired) electrons. The van der Waals surface area contributed by atoms with Crippen LogP contribution in [0.3, 0.4) is 0 Å². The molecular formula is C19H30IN5O2. The monoisotopic (exact) mass is 487 g/mol. The summed E-state index contributed by atoms with van der Waals surface area (Å²) >= 11 is 0. The van der Waals surface area contributed by atoms with Crippen LogP contribution in [-0.2, 0) is 6.42 Å². The first-order valence-electron chi connectivity index (χ1n) is 9.10. The Bertz CT molecular complexity index is 676. The summed E-state index contributed by atoms with van der Waals surface area (Å²) < 4.78 is 11.0. The SMILES string of the molecule is CCNC(=NCCc1nc(C(C)C)no1)N(C)CCOc1ccccc1.I. The van der Waals surface area contributed by atoms with Gasteiger partial charge in [-0.3, -0.25) is 4.99 Å². The Labute approximate surface area is 178 Å². The second kappa shape index (κ2) is 12.5. The van der Waals surface area contributed by atoms with E-state index in [0.29, 0.717) is 25.5 Å². The summed E-state index contributed by atoms with van der Waals surface area (Å²) in [5.41, 5.74) is 0. The highest BCUT2D eigenvalue weighted by Gasteiger charge is 2.10. The lowest BCUT2D eigenvalue weighted by Gasteiger charge is -2.22. The molecule has 0 aliphatic carbocycles. The smallest absolute Gasteiger partial charge is 0.228 e. The van der Waals surface area contributed by atoms with Gasteiger partial charge in [-0.1, -0.05) is 37.2 Å². The van der Waals surface area contributed by atoms with Crippen LogP contribution in [0.15, 0.2) is 39.8 Å². The van der Waals surface area contributed by atoms with Crippen molar-refractivity contribution >= 4 is 29.9 Å². The van der Waals surface area contributed by atoms with Gasteiger partial charge in [0.15, 0.2) is 11.8 Å². The number of rotatable bonds is 9. The molecule has 0 aliphatic heterocycles. The fraction of sp³-hybridized carbons (Fsp3) is 0.526. The van der Waals surface area contributed by atoms with Gasteiger partial charge in [0, 0.05) is 25.9 Å². The summed E-state index contributed by atoms with van der Waals surface area (Å²) in [7, 11) is 2.00. The van der Waals surface area contributed by atoms with E-state index in [1.165, 1.54) is 0 Å². The third kappa shape index (κ3) is 8.15. The number of guanidine groups is 1. The van der Waals surface area contributed by atoms with E-state index in [2.05, 4.69) is 32.3 Å². The number of halogens is 1. The van der Waals surface area contributed by atoms with Crippen LogP contribution in [0.25, 0.3) is 0 Å². The van der Waals surface area contributed by atoms with Gasteiger partial charge in [0.1, 0.15) is 12.4 Å². The van der Waals surface area contributed by atoms with Gasteiger partial charge in [0.05, 0.1) is 13.1 Å². The molecule has 0 atom stereocenters. The maximum atomic E-state index is 5.75. The molecule has 8 heteroatoms. The van der Waals surface area contributed by atoms with Crippen molar-refractivity contribution in [3.05, 3.63) is 42.0 Å². The molecule has 7 nitrogen and oxygen atoms in total. The number of hydrogen-bond acceptors (Lipinski definition) is 5. The third-order valence-corrected chi connectivity index (χ3v) is 3.72. The zero-order valence-electron chi connectivity index (χ0n) is 16.5. The molecule has 2 rings (SSSR count). The van der Waals surface area contributed by atoms with Crippen LogP contribution in [0.4, 0.5) is 0 Å². The Hall–Kier alpha value is -1.84. The molecule has 0 fully saturated rings. The number of ether oxygens (including phenoxy) is 1. The minimum atomic E-state index is 0. The van der Waals surface area contributed by atoms with Crippen LogP contribution in [0, 0.1) is 0 Å². The normalized spacial score (nSPS) is 11.2. The molecule has 0 amide bonds. The highest BCUT2D eigenvalue weighted by atomic mass is 127. The van der Waals surface area contributed by atoms with E-state index in [4.69, 9.17) is 9.26 Å². The van der Waals surface area contributed by atoms with E-state index in [1.807, 2.05) is 51.2 Å². The van der Waals surface area contributed by atoms with Gasteiger partial charge >= 0.3 is 0 Å². The highest BCUT2D eigenvalue weighted by molar-refractivity contribution is 14.0. The lowest BCUT2D eigenvalue weighted by molar-refractivity contribution is 0.281. The molecule has 27 heavy (non-hydrogen) atoms. The standard InChI is InChI=1S/C19H29N5O2.HI/c1-5-20-19(21-12-11-17-22-18(15(2)3)23-26-17)24(4)13-14-25-16-9-7-6-8-10-16;/h6-10,15H,5,11-14H2,1-4H3,(H,20,21);1H. The van der Waals surface area contributed by atoms with Gasteiger partial charge in [-0.25, -0.2) is 0 Å². The number of hydrogen-bond donors (Lipinski definition) is 1. The maximum absolute atomic E-state index is 5.75. The molecule has 0 aliphatic rings. The highest BCUT2D eigenvalue weighted by Crippen LogP contribution is 2.10. The topological polar surface area (TPSA) is 75.8 Å². The minimum absolute atomic E-state index is 0. The lowest BCUT2D eigenvalue weighted by atomic mass is 10.2. The van der Waals surface area contributed by atoms with Crippen molar-refractivity contribution in [1.29, 1.82) is 0 Å². The van der Waals surface area contributed by atoms with Crippen LogP contribution >= 0.6 is 24.0 Å². The molecule has 2 aromatic rings. The Kier molecular flexibility index (Phi) is 10.8. The summed E-state index contributed by atoms with van der Waals surface area (Å²) in [6.45, 7) is 8.86. The van der Waals surface area contributed by atoms with Crippen molar-refractivity contribution in [1.82, 2.24) is 20.4 Å². The molecule has 1 aromatic heterocycles. The average Bonchev–Trinajstić information content (AvgIpc) is 3.11. The van der Waals surface area contributed by atoms with Crippen molar-refractivity contribution in [3.8, 4) is 5.75 Å². The fourth-order valence-corrected chi connectivity index (χ4v) is 2.25. The number of aromatic nitrogens is 2. The first kappa shape index (κ1) is 23.2. The number of likely N-dealkylation sites (N-methyl/N-ethyl adjacent to an activating group) is 1. The van der Waals surface area contributed by atoms with Gasteiger partial charge in [0.25, 0.3) is 0 Å². The quantitative estimate of drug-likeness (QED) is 0.332. The summed E-state index contributed by atoms with van der Waals surface area (Å²) in [5, 5.41) is 7.27. The Morgan fingerprint density at radius 1 is 1.30 bits per heavy atom. The first-order chi connectivity index (χ1) is 12.6. The fourth-order valence-electron chi connectivity index (χ4n) is 2.25. The zero-order valence-corrected chi connectivity index (χ0v) is 18.8. The maximum Gasteiger partial charge on any atom is 0.228 e. The second-order valence-electron chi connectivity index (χ2n) is 6.27. The van der Waals surface area contributed by atoms with E-state index in [1.54, 1.807) is 0 Å². The molecule has 0 saturated carbocycles. The first-order valence-corrected chi connectivity index (χ1v) is 9.10. The number of aliphatic imine (C=N–C) groups is 1. The molecule has 1 heterocycles. The van der Waals surface area contributed by atoms with E-state index in [0.717, 1.165) is 30.6 Å². The second-order valence-corrected chi connectivity index (χ2v) is 6.27. The molecular weight excluding hydrogens is 457 g/mol. The van der Waals surface area contributed by atoms with E-state index in [9.17, 15) is 0 Å². The number of nitrogens with one attached hydrogen (secondary N) is 1. The minimum Gasteiger partial charge on any atom is -0.492 e. The van der Waals surface area contributed by atoms with Crippen molar-refractivity contribution in [2.75, 3.05) is 33.3 Å².